The Morgan fingerprint density at radius 3 is 2.49 bits per heavy atom. The number of amides is 1. The average molecular weight is 499 g/mol. The minimum Gasteiger partial charge on any atom is -0.377 e. The highest BCUT2D eigenvalue weighted by molar-refractivity contribution is 5.73. The topological polar surface area (TPSA) is 70.6 Å². The minimum atomic E-state index is -4.46. The summed E-state index contributed by atoms with van der Waals surface area (Å²) in [6.07, 6.45) is -3.06. The molecule has 0 bridgehead atoms. The van der Waals surface area contributed by atoms with E-state index in [-0.39, 0.29) is 69.8 Å². The van der Waals surface area contributed by atoms with Gasteiger partial charge < -0.3 is 19.9 Å². The third-order valence-electron chi connectivity index (χ3n) is 6.47. The largest absolute Gasteiger partial charge is 0.416 e. The number of carbonyl (C=O) groups is 1. The molecule has 3 heterocycles. The van der Waals surface area contributed by atoms with Crippen LogP contribution in [0.2, 0.25) is 0 Å². The van der Waals surface area contributed by atoms with Crippen LogP contribution in [-0.2, 0) is 15.7 Å². The van der Waals surface area contributed by atoms with E-state index in [9.17, 15) is 18.0 Å². The normalized spacial score (nSPS) is 20.6. The number of hydrogen-bond donors (Lipinski definition) is 1. The number of halogens is 5. The molecule has 0 radical (unpaired) electrons. The summed E-state index contributed by atoms with van der Waals surface area (Å²) in [5.41, 5.74) is -1.88. The van der Waals surface area contributed by atoms with Crippen LogP contribution in [0.15, 0.2) is 30.6 Å². The van der Waals surface area contributed by atoms with E-state index in [1.165, 1.54) is 19.1 Å². The molecule has 0 aliphatic carbocycles. The highest BCUT2D eigenvalue weighted by Gasteiger charge is 2.36. The Labute approximate surface area is 199 Å². The summed E-state index contributed by atoms with van der Waals surface area (Å²) >= 11 is 0. The second-order valence-corrected chi connectivity index (χ2v) is 8.77. The molecule has 2 aliphatic rings. The summed E-state index contributed by atoms with van der Waals surface area (Å²) < 4.78 is 74.9. The van der Waals surface area contributed by atoms with E-state index in [0.717, 1.165) is 18.5 Å². The Bertz CT molecular complexity index is 1040. The van der Waals surface area contributed by atoms with E-state index < -0.39 is 29.3 Å². The molecule has 1 atom stereocenters. The molecule has 1 amide bonds. The number of benzene rings is 1. The van der Waals surface area contributed by atoms with Crippen molar-refractivity contribution in [3.8, 4) is 0 Å². The van der Waals surface area contributed by atoms with Crippen molar-refractivity contribution in [3.05, 3.63) is 47.5 Å². The molecule has 2 aliphatic heterocycles. The summed E-state index contributed by atoms with van der Waals surface area (Å²) in [6.45, 7) is 2.50. The Morgan fingerprint density at radius 2 is 1.86 bits per heavy atom. The van der Waals surface area contributed by atoms with Crippen molar-refractivity contribution >= 4 is 17.5 Å². The van der Waals surface area contributed by atoms with Crippen molar-refractivity contribution < 1.29 is 31.5 Å². The van der Waals surface area contributed by atoms with Gasteiger partial charge in [-0.15, -0.1) is 0 Å². The van der Waals surface area contributed by atoms with Crippen LogP contribution in [0.25, 0.3) is 0 Å². The molecule has 1 aromatic heterocycles. The fourth-order valence-electron chi connectivity index (χ4n) is 4.35. The van der Waals surface area contributed by atoms with Gasteiger partial charge in [0, 0.05) is 39.4 Å². The first kappa shape index (κ1) is 25.1. The van der Waals surface area contributed by atoms with Crippen molar-refractivity contribution in [2.45, 2.75) is 37.7 Å². The molecule has 190 valence electrons. The lowest BCUT2D eigenvalue weighted by atomic mass is 9.93. The lowest BCUT2D eigenvalue weighted by Gasteiger charge is -2.37. The van der Waals surface area contributed by atoms with Gasteiger partial charge in [-0.3, -0.25) is 4.79 Å². The number of ether oxygens (including phenoxy) is 1. The second-order valence-electron chi connectivity index (χ2n) is 8.77. The summed E-state index contributed by atoms with van der Waals surface area (Å²) in [5, 5.41) is 2.74. The average Bonchev–Trinajstić information content (AvgIpc) is 2.83. The molecule has 2 saturated heterocycles. The zero-order chi connectivity index (χ0) is 25.2. The van der Waals surface area contributed by atoms with Gasteiger partial charge in [0.05, 0.1) is 31.4 Å². The predicted molar refractivity (Wildman–Crippen MR) is 118 cm³/mol. The van der Waals surface area contributed by atoms with Gasteiger partial charge in [-0.2, -0.15) is 17.6 Å². The molecule has 4 rings (SSSR count). The van der Waals surface area contributed by atoms with Crippen molar-refractivity contribution in [2.24, 2.45) is 0 Å². The van der Waals surface area contributed by atoms with Crippen LogP contribution in [0.3, 0.4) is 0 Å². The van der Waals surface area contributed by atoms with E-state index in [1.807, 2.05) is 0 Å². The molecule has 1 aromatic carbocycles. The number of hydrogen-bond acceptors (Lipinski definition) is 6. The van der Waals surface area contributed by atoms with Crippen LogP contribution < -0.4 is 10.2 Å². The van der Waals surface area contributed by atoms with Crippen molar-refractivity contribution in [3.63, 3.8) is 0 Å². The number of anilines is 2. The molecule has 1 N–H and O–H groups in total. The summed E-state index contributed by atoms with van der Waals surface area (Å²) in [7, 11) is 0. The lowest BCUT2D eigenvalue weighted by Crippen LogP contribution is -2.47. The van der Waals surface area contributed by atoms with Crippen LogP contribution in [0, 0.1) is 5.82 Å². The highest BCUT2D eigenvalue weighted by atomic mass is 19.4. The van der Waals surface area contributed by atoms with Crippen LogP contribution in [0.1, 0.15) is 36.9 Å². The Morgan fingerprint density at radius 1 is 1.17 bits per heavy atom. The third kappa shape index (κ3) is 5.63. The Kier molecular flexibility index (Phi) is 7.11. The quantitative estimate of drug-likeness (QED) is 0.628. The van der Waals surface area contributed by atoms with Gasteiger partial charge in [0.25, 0.3) is 0 Å². The maximum absolute atomic E-state index is 15.4. The number of likely N-dealkylation sites (tertiary alicyclic amines) is 1. The van der Waals surface area contributed by atoms with Gasteiger partial charge in [-0.25, -0.2) is 14.4 Å². The maximum atomic E-state index is 15.4. The van der Waals surface area contributed by atoms with Crippen LogP contribution in [0.5, 0.6) is 0 Å². The Balaban J connectivity index is 1.50. The smallest absolute Gasteiger partial charge is 0.377 e. The van der Waals surface area contributed by atoms with E-state index in [0.29, 0.717) is 5.56 Å². The number of carbonyl (C=O) groups excluding carboxylic acids is 1. The molecule has 0 saturated carbocycles. The van der Waals surface area contributed by atoms with Crippen LogP contribution in [0.4, 0.5) is 33.6 Å². The van der Waals surface area contributed by atoms with Crippen molar-refractivity contribution in [1.82, 2.24) is 14.9 Å². The number of nitrogens with one attached hydrogen (secondary N) is 1. The van der Waals surface area contributed by atoms with Gasteiger partial charge >= 0.3 is 6.18 Å². The molecular weight excluding hydrogens is 473 g/mol. The van der Waals surface area contributed by atoms with Crippen molar-refractivity contribution in [2.75, 3.05) is 49.6 Å². The van der Waals surface area contributed by atoms with E-state index >= 15 is 8.78 Å². The summed E-state index contributed by atoms with van der Waals surface area (Å²) in [6, 6.07) is 4.07. The third-order valence-corrected chi connectivity index (χ3v) is 6.47. The molecule has 0 spiro atoms. The fourth-order valence-corrected chi connectivity index (χ4v) is 4.35. The standard InChI is InChI=1S/C23H26F5N5O2/c1-15(34)32-8-6-22(25,7-9-32)13-29-20-19(24)21(31-14-30-20)33-10-11-35-12-18(33)16-2-4-17(5-3-16)23(26,27)28/h2-5,14,18H,6-13H2,1H3,(H,29,30,31)/t18-/m1/s1. The molecule has 35 heavy (non-hydrogen) atoms. The fraction of sp³-hybridized carbons (Fsp3) is 0.522. The Hall–Kier alpha value is -3.02. The second kappa shape index (κ2) is 9.92. The van der Waals surface area contributed by atoms with Gasteiger partial charge in [-0.05, 0) is 17.7 Å². The molecular formula is C23H26F5N5O2. The maximum Gasteiger partial charge on any atom is 0.416 e. The summed E-state index contributed by atoms with van der Waals surface area (Å²) in [5.74, 6) is -1.11. The summed E-state index contributed by atoms with van der Waals surface area (Å²) in [4.78, 5) is 22.6. The first-order valence-electron chi connectivity index (χ1n) is 11.3. The molecule has 0 unspecified atom stereocenters. The molecule has 2 aromatic rings. The highest BCUT2D eigenvalue weighted by Crippen LogP contribution is 2.35. The van der Waals surface area contributed by atoms with Crippen LogP contribution in [-0.4, -0.2) is 65.8 Å². The van der Waals surface area contributed by atoms with E-state index in [2.05, 4.69) is 15.3 Å². The monoisotopic (exact) mass is 499 g/mol. The molecule has 2 fully saturated rings. The number of rotatable bonds is 5. The minimum absolute atomic E-state index is 0.0463. The number of nitrogens with zero attached hydrogens (tertiary/aromatic N) is 4. The zero-order valence-electron chi connectivity index (χ0n) is 19.1. The van der Waals surface area contributed by atoms with Crippen LogP contribution >= 0.6 is 0 Å². The van der Waals surface area contributed by atoms with Gasteiger partial charge in [-0.1, -0.05) is 12.1 Å². The van der Waals surface area contributed by atoms with Gasteiger partial charge in [0.2, 0.25) is 11.7 Å². The van der Waals surface area contributed by atoms with Crippen molar-refractivity contribution in [1.29, 1.82) is 0 Å². The predicted octanol–water partition coefficient (Wildman–Crippen LogP) is 3.97. The first-order chi connectivity index (χ1) is 16.6. The SMILES string of the molecule is CC(=O)N1CCC(F)(CNc2ncnc(N3CCOC[C@@H]3c3ccc(C(F)(F)F)cc3)c2F)CC1. The number of aromatic nitrogens is 2. The van der Waals surface area contributed by atoms with Gasteiger partial charge in [0.1, 0.15) is 12.0 Å². The molecule has 12 heteroatoms. The van der Waals surface area contributed by atoms with E-state index in [4.69, 9.17) is 4.74 Å². The van der Waals surface area contributed by atoms with Gasteiger partial charge in [0.15, 0.2) is 11.6 Å². The number of alkyl halides is 4. The number of morpholine rings is 1. The van der Waals surface area contributed by atoms with E-state index in [1.54, 1.807) is 9.80 Å². The first-order valence-corrected chi connectivity index (χ1v) is 11.3. The molecule has 7 nitrogen and oxygen atoms in total. The number of piperidine rings is 1. The lowest BCUT2D eigenvalue weighted by molar-refractivity contribution is -0.137. The zero-order valence-corrected chi connectivity index (χ0v) is 19.1.